The Morgan fingerprint density at radius 1 is 1.22 bits per heavy atom. The van der Waals surface area contributed by atoms with Crippen LogP contribution in [-0.4, -0.2) is 28.8 Å². The summed E-state index contributed by atoms with van der Waals surface area (Å²) in [5, 5.41) is 1.03. The number of nitrogens with zero attached hydrogens (tertiary/aromatic N) is 4. The van der Waals surface area contributed by atoms with Crippen molar-refractivity contribution < 1.29 is 22.8 Å². The molecule has 2 amide bonds. The van der Waals surface area contributed by atoms with E-state index >= 15 is 0 Å². The lowest BCUT2D eigenvalue weighted by molar-refractivity contribution is -0.139. The van der Waals surface area contributed by atoms with E-state index < -0.39 is 17.8 Å². The highest BCUT2D eigenvalue weighted by atomic mass is 32.2. The normalized spacial score (nSPS) is 13.1. The number of pyridine rings is 2. The zero-order chi connectivity index (χ0) is 22.9. The zero-order valence-electron chi connectivity index (χ0n) is 17.3. The van der Waals surface area contributed by atoms with Gasteiger partial charge in [0.25, 0.3) is 0 Å². The van der Waals surface area contributed by atoms with Gasteiger partial charge in [0.2, 0.25) is 0 Å². The van der Waals surface area contributed by atoms with E-state index in [-0.39, 0.29) is 17.1 Å². The Kier molecular flexibility index (Phi) is 5.96. The van der Waals surface area contributed by atoms with Crippen LogP contribution in [-0.2, 0) is 12.6 Å². The van der Waals surface area contributed by atoms with Crippen LogP contribution < -0.4 is 14.8 Å². The first-order valence-corrected chi connectivity index (χ1v) is 10.9. The molecule has 166 valence electrons. The molecule has 0 saturated heterocycles. The lowest BCUT2D eigenvalue weighted by Crippen LogP contribution is -2.45. The highest BCUT2D eigenvalue weighted by molar-refractivity contribution is 7.98. The molecule has 1 aliphatic heterocycles. The molecule has 2 aromatic heterocycles. The molecule has 4 rings (SSSR count). The second kappa shape index (κ2) is 8.70. The molecule has 3 heterocycles. The van der Waals surface area contributed by atoms with Crippen LogP contribution >= 0.6 is 11.8 Å². The molecule has 0 bridgehead atoms. The molecule has 0 saturated carbocycles. The van der Waals surface area contributed by atoms with Gasteiger partial charge < -0.3 is 4.84 Å². The SMILES string of the molecule is CSc1cc2c(cc1C(F)(F)F)N(C(=O)N(Oc1cccnc1C)c1cccnc1)CC2. The van der Waals surface area contributed by atoms with Gasteiger partial charge in [-0.25, -0.2) is 4.79 Å². The monoisotopic (exact) mass is 460 g/mol. The van der Waals surface area contributed by atoms with Gasteiger partial charge in [-0.05, 0) is 61.6 Å². The van der Waals surface area contributed by atoms with Crippen molar-refractivity contribution in [2.45, 2.75) is 24.4 Å². The van der Waals surface area contributed by atoms with Gasteiger partial charge in [0.1, 0.15) is 5.69 Å². The Bertz CT molecular complexity index is 1140. The molecule has 32 heavy (non-hydrogen) atoms. The molecule has 0 radical (unpaired) electrons. The Balaban J connectivity index is 1.74. The standard InChI is InChI=1S/C22H19F3N4O2S/c1-14-19(6-4-9-27-14)31-29(16-5-3-8-26-13-16)21(30)28-10-7-15-11-20(32-2)17(12-18(15)28)22(23,24)25/h3-6,8-9,11-13H,7,10H2,1-2H3. The minimum atomic E-state index is -4.53. The van der Waals surface area contributed by atoms with Gasteiger partial charge in [-0.3, -0.25) is 14.9 Å². The van der Waals surface area contributed by atoms with Crippen molar-refractivity contribution in [1.82, 2.24) is 9.97 Å². The molecule has 0 aliphatic carbocycles. The van der Waals surface area contributed by atoms with Gasteiger partial charge >= 0.3 is 12.2 Å². The Labute approximate surface area is 187 Å². The highest BCUT2D eigenvalue weighted by Crippen LogP contribution is 2.42. The molecule has 0 N–H and O–H groups in total. The maximum Gasteiger partial charge on any atom is 0.417 e. The van der Waals surface area contributed by atoms with Crippen molar-refractivity contribution in [3.63, 3.8) is 0 Å². The summed E-state index contributed by atoms with van der Waals surface area (Å²) in [7, 11) is 0. The first-order chi connectivity index (χ1) is 15.3. The average Bonchev–Trinajstić information content (AvgIpc) is 3.20. The van der Waals surface area contributed by atoms with Crippen molar-refractivity contribution in [2.75, 3.05) is 22.8 Å². The van der Waals surface area contributed by atoms with Crippen molar-refractivity contribution in [3.8, 4) is 5.75 Å². The third-order valence-electron chi connectivity index (χ3n) is 5.03. The molecule has 3 aromatic rings. The molecule has 10 heteroatoms. The number of hydrogen-bond donors (Lipinski definition) is 0. The van der Waals surface area contributed by atoms with Gasteiger partial charge in [0, 0.05) is 29.5 Å². The van der Waals surface area contributed by atoms with Gasteiger partial charge in [0.15, 0.2) is 5.75 Å². The number of carbonyl (C=O) groups excluding carboxylic acids is 1. The van der Waals surface area contributed by atoms with Crippen molar-refractivity contribution >= 4 is 29.2 Å². The predicted molar refractivity (Wildman–Crippen MR) is 116 cm³/mol. The van der Waals surface area contributed by atoms with Crippen LogP contribution in [0.5, 0.6) is 5.75 Å². The van der Waals surface area contributed by atoms with E-state index in [9.17, 15) is 18.0 Å². The maximum absolute atomic E-state index is 13.6. The minimum Gasteiger partial charge on any atom is -0.368 e. The number of hydroxylamine groups is 1. The number of amides is 2. The Morgan fingerprint density at radius 2 is 2.00 bits per heavy atom. The summed E-state index contributed by atoms with van der Waals surface area (Å²) < 4.78 is 40.9. The molecule has 0 fully saturated rings. The number of urea groups is 1. The first kappa shape index (κ1) is 21.9. The average molecular weight is 460 g/mol. The number of alkyl halides is 3. The number of thioether (sulfide) groups is 1. The fraction of sp³-hybridized carbons (Fsp3) is 0.227. The zero-order valence-corrected chi connectivity index (χ0v) is 18.1. The van der Waals surface area contributed by atoms with E-state index in [0.29, 0.717) is 29.1 Å². The van der Waals surface area contributed by atoms with Crippen LogP contribution in [0.2, 0.25) is 0 Å². The first-order valence-electron chi connectivity index (χ1n) is 9.69. The summed E-state index contributed by atoms with van der Waals surface area (Å²) in [5.74, 6) is 0.345. The summed E-state index contributed by atoms with van der Waals surface area (Å²) in [6.07, 6.45) is 2.10. The smallest absolute Gasteiger partial charge is 0.368 e. The number of halogens is 3. The van der Waals surface area contributed by atoms with Crippen LogP contribution in [0.4, 0.5) is 29.3 Å². The topological polar surface area (TPSA) is 58.6 Å². The van der Waals surface area contributed by atoms with Gasteiger partial charge in [-0.15, -0.1) is 16.8 Å². The van der Waals surface area contributed by atoms with E-state index in [2.05, 4.69) is 9.97 Å². The molecule has 1 aliphatic rings. The molecule has 6 nitrogen and oxygen atoms in total. The number of anilines is 2. The van der Waals surface area contributed by atoms with E-state index in [1.807, 2.05) is 0 Å². The quantitative estimate of drug-likeness (QED) is 0.380. The van der Waals surface area contributed by atoms with E-state index in [1.165, 1.54) is 17.2 Å². The van der Waals surface area contributed by atoms with Crippen LogP contribution in [0.15, 0.2) is 59.9 Å². The minimum absolute atomic E-state index is 0.136. The number of carbonyl (C=O) groups is 1. The molecule has 0 atom stereocenters. The fourth-order valence-corrected chi connectivity index (χ4v) is 4.11. The number of fused-ring (bicyclic) bond motifs is 1. The second-order valence-corrected chi connectivity index (χ2v) is 7.90. The van der Waals surface area contributed by atoms with Crippen molar-refractivity contribution in [3.05, 3.63) is 71.8 Å². The summed E-state index contributed by atoms with van der Waals surface area (Å²) in [5.41, 5.74) is 1.03. The maximum atomic E-state index is 13.6. The number of aryl methyl sites for hydroxylation is 1. The molecular formula is C22H19F3N4O2S. The number of benzene rings is 1. The largest absolute Gasteiger partial charge is 0.417 e. The Hall–Kier alpha value is -3.27. The van der Waals surface area contributed by atoms with E-state index in [4.69, 9.17) is 4.84 Å². The molecule has 0 unspecified atom stereocenters. The lowest BCUT2D eigenvalue weighted by Gasteiger charge is -2.28. The Morgan fingerprint density at radius 3 is 2.66 bits per heavy atom. The van der Waals surface area contributed by atoms with Gasteiger partial charge in [-0.2, -0.15) is 13.2 Å². The van der Waals surface area contributed by atoms with Crippen LogP contribution in [0, 0.1) is 6.92 Å². The molecular weight excluding hydrogens is 441 g/mol. The van der Waals surface area contributed by atoms with Gasteiger partial charge in [-0.1, -0.05) is 0 Å². The summed E-state index contributed by atoms with van der Waals surface area (Å²) in [6.45, 7) is 1.96. The molecule has 1 aromatic carbocycles. The summed E-state index contributed by atoms with van der Waals surface area (Å²) in [6, 6.07) is 8.53. The van der Waals surface area contributed by atoms with Crippen LogP contribution in [0.3, 0.4) is 0 Å². The number of rotatable bonds is 4. The van der Waals surface area contributed by atoms with Crippen molar-refractivity contribution in [1.29, 1.82) is 0 Å². The molecule has 0 spiro atoms. The summed E-state index contributed by atoms with van der Waals surface area (Å²) >= 11 is 1.03. The second-order valence-electron chi connectivity index (χ2n) is 7.05. The third kappa shape index (κ3) is 4.22. The summed E-state index contributed by atoms with van der Waals surface area (Å²) in [4.78, 5) is 29.0. The van der Waals surface area contributed by atoms with E-state index in [0.717, 1.165) is 22.9 Å². The predicted octanol–water partition coefficient (Wildman–Crippen LogP) is 5.51. The van der Waals surface area contributed by atoms with Crippen LogP contribution in [0.25, 0.3) is 0 Å². The highest BCUT2D eigenvalue weighted by Gasteiger charge is 2.38. The lowest BCUT2D eigenvalue weighted by atomic mass is 10.1. The number of hydrogen-bond acceptors (Lipinski definition) is 5. The number of aromatic nitrogens is 2. The van der Waals surface area contributed by atoms with E-state index in [1.54, 1.807) is 49.8 Å². The van der Waals surface area contributed by atoms with Gasteiger partial charge in [0.05, 0.1) is 17.5 Å². The van der Waals surface area contributed by atoms with Crippen molar-refractivity contribution in [2.24, 2.45) is 0 Å². The van der Waals surface area contributed by atoms with Crippen LogP contribution in [0.1, 0.15) is 16.8 Å². The third-order valence-corrected chi connectivity index (χ3v) is 5.81. The fourth-order valence-electron chi connectivity index (χ4n) is 3.45.